The van der Waals surface area contributed by atoms with E-state index in [2.05, 4.69) is 46.7 Å². The first-order valence-corrected chi connectivity index (χ1v) is 16.9. The van der Waals surface area contributed by atoms with Gasteiger partial charge in [-0.2, -0.15) is 0 Å². The second kappa shape index (κ2) is 11.4. The molecule has 2 nitrogen and oxygen atoms in total. The molecule has 3 saturated carbocycles. The second-order valence-electron chi connectivity index (χ2n) is 13.9. The molecule has 0 aromatic heterocycles. The molecule has 1 heterocycles. The van der Waals surface area contributed by atoms with Gasteiger partial charge in [0.25, 0.3) is 0 Å². The average Bonchev–Trinajstić information content (AvgIpc) is 3.32. The fraction of sp³-hybridized carbons (Fsp3) is 0.722. The first kappa shape index (κ1) is 25.3. The number of nitrogens with one attached hydrogen (secondary N) is 1. The fourth-order valence-corrected chi connectivity index (χ4v) is 9.61. The molecular weight excluding hydrogens is 460 g/mol. The first-order chi connectivity index (χ1) is 18.8. The van der Waals surface area contributed by atoms with E-state index in [1.165, 1.54) is 122 Å². The maximum atomic E-state index is 4.15. The van der Waals surface area contributed by atoms with Crippen molar-refractivity contribution < 1.29 is 0 Å². The summed E-state index contributed by atoms with van der Waals surface area (Å²) in [7, 11) is 0. The van der Waals surface area contributed by atoms with Gasteiger partial charge in [-0.15, -0.1) is 0 Å². The summed E-state index contributed by atoms with van der Waals surface area (Å²) in [4.78, 5) is 2.92. The molecule has 2 heteroatoms. The fourth-order valence-electron chi connectivity index (χ4n) is 9.61. The van der Waals surface area contributed by atoms with Gasteiger partial charge in [0.05, 0.1) is 6.04 Å². The van der Waals surface area contributed by atoms with Crippen LogP contribution in [-0.4, -0.2) is 23.0 Å². The van der Waals surface area contributed by atoms with Gasteiger partial charge in [-0.05, 0) is 87.2 Å². The summed E-state index contributed by atoms with van der Waals surface area (Å²) in [5.74, 6) is 2.95. The maximum absolute atomic E-state index is 4.15. The monoisotopic (exact) mass is 512 g/mol. The molecule has 1 N–H and O–H groups in total. The van der Waals surface area contributed by atoms with Crippen LogP contribution in [-0.2, 0) is 0 Å². The first-order valence-electron chi connectivity index (χ1n) is 16.9. The Morgan fingerprint density at radius 3 is 2.32 bits per heavy atom. The van der Waals surface area contributed by atoms with Gasteiger partial charge in [0.15, 0.2) is 0 Å². The number of hydrogen-bond donors (Lipinski definition) is 1. The lowest BCUT2D eigenvalue weighted by Crippen LogP contribution is -2.42. The normalized spacial score (nSPS) is 35.1. The van der Waals surface area contributed by atoms with Crippen molar-refractivity contribution in [3.05, 3.63) is 59.0 Å². The number of rotatable bonds is 5. The van der Waals surface area contributed by atoms with Gasteiger partial charge >= 0.3 is 0 Å². The summed E-state index contributed by atoms with van der Waals surface area (Å²) in [6, 6.07) is 2.09. The Kier molecular flexibility index (Phi) is 7.60. The quantitative estimate of drug-likeness (QED) is 0.395. The SMILES string of the molecule is C1=CC2=C(CC1)N(C1CCCCC1)C1C=CC(C3CC=C(NC4CCCCC4)[C@H](C4CCCCC4)C3)=CC21. The molecule has 6 aliphatic carbocycles. The van der Waals surface area contributed by atoms with E-state index >= 15 is 0 Å². The van der Waals surface area contributed by atoms with Crippen LogP contribution in [0.1, 0.15) is 122 Å². The van der Waals surface area contributed by atoms with Gasteiger partial charge in [-0.25, -0.2) is 0 Å². The Morgan fingerprint density at radius 1 is 0.789 bits per heavy atom. The van der Waals surface area contributed by atoms with E-state index in [4.69, 9.17) is 0 Å². The van der Waals surface area contributed by atoms with Gasteiger partial charge < -0.3 is 10.2 Å². The minimum absolute atomic E-state index is 0.575. The molecule has 0 amide bonds. The highest BCUT2D eigenvalue weighted by molar-refractivity contribution is 5.47. The minimum Gasteiger partial charge on any atom is -0.386 e. The highest BCUT2D eigenvalue weighted by atomic mass is 15.2. The number of allylic oxidation sites excluding steroid dienone is 7. The van der Waals surface area contributed by atoms with Crippen LogP contribution >= 0.6 is 0 Å². The molecular formula is C36H52N2. The van der Waals surface area contributed by atoms with E-state index in [1.54, 1.807) is 22.5 Å². The largest absolute Gasteiger partial charge is 0.386 e. The summed E-state index contributed by atoms with van der Waals surface area (Å²) >= 11 is 0. The Hall–Kier alpha value is -1.70. The highest BCUT2D eigenvalue weighted by Gasteiger charge is 2.43. The maximum Gasteiger partial charge on any atom is 0.0580 e. The van der Waals surface area contributed by atoms with E-state index in [1.807, 2.05) is 0 Å². The lowest BCUT2D eigenvalue weighted by atomic mass is 9.69. The topological polar surface area (TPSA) is 15.3 Å². The summed E-state index contributed by atoms with van der Waals surface area (Å²) in [5.41, 5.74) is 6.70. The number of nitrogens with zero attached hydrogens (tertiary/aromatic N) is 1. The molecule has 3 unspecified atom stereocenters. The van der Waals surface area contributed by atoms with Crippen molar-refractivity contribution >= 4 is 0 Å². The van der Waals surface area contributed by atoms with Crippen molar-refractivity contribution in [1.29, 1.82) is 0 Å². The zero-order chi connectivity index (χ0) is 25.3. The zero-order valence-electron chi connectivity index (χ0n) is 23.9. The van der Waals surface area contributed by atoms with E-state index < -0.39 is 0 Å². The average molecular weight is 513 g/mol. The molecule has 0 aromatic carbocycles. The molecule has 0 aromatic rings. The predicted octanol–water partition coefficient (Wildman–Crippen LogP) is 9.13. The minimum atomic E-state index is 0.575. The van der Waals surface area contributed by atoms with Crippen molar-refractivity contribution in [3.8, 4) is 0 Å². The Balaban J connectivity index is 1.13. The smallest absolute Gasteiger partial charge is 0.0580 e. The third kappa shape index (κ3) is 4.99. The third-order valence-corrected chi connectivity index (χ3v) is 11.6. The van der Waals surface area contributed by atoms with Crippen molar-refractivity contribution in [2.24, 2.45) is 23.7 Å². The lowest BCUT2D eigenvalue weighted by molar-refractivity contribution is 0.168. The van der Waals surface area contributed by atoms with E-state index in [9.17, 15) is 0 Å². The number of hydrogen-bond acceptors (Lipinski definition) is 2. The van der Waals surface area contributed by atoms with Crippen molar-refractivity contribution in [1.82, 2.24) is 10.2 Å². The molecule has 3 fully saturated rings. The molecule has 0 saturated heterocycles. The van der Waals surface area contributed by atoms with Crippen LogP contribution in [0.15, 0.2) is 59.0 Å². The molecule has 0 bridgehead atoms. The van der Waals surface area contributed by atoms with Gasteiger partial charge in [-0.1, -0.05) is 94.2 Å². The number of fused-ring (bicyclic) bond motifs is 2. The predicted molar refractivity (Wildman–Crippen MR) is 159 cm³/mol. The third-order valence-electron chi connectivity index (χ3n) is 11.6. The molecule has 7 aliphatic rings. The lowest BCUT2D eigenvalue weighted by Gasteiger charge is -2.42. The van der Waals surface area contributed by atoms with Crippen molar-refractivity contribution in [3.63, 3.8) is 0 Å². The molecule has 0 radical (unpaired) electrons. The summed E-state index contributed by atoms with van der Waals surface area (Å²) < 4.78 is 0. The van der Waals surface area contributed by atoms with E-state index in [0.29, 0.717) is 17.9 Å². The van der Waals surface area contributed by atoms with E-state index in [0.717, 1.165) is 23.9 Å². The van der Waals surface area contributed by atoms with Gasteiger partial charge in [0.1, 0.15) is 0 Å². The summed E-state index contributed by atoms with van der Waals surface area (Å²) in [6.45, 7) is 0. The Morgan fingerprint density at radius 2 is 1.53 bits per heavy atom. The zero-order valence-corrected chi connectivity index (χ0v) is 23.9. The van der Waals surface area contributed by atoms with Gasteiger partial charge in [-0.3, -0.25) is 0 Å². The standard InChI is InChI=1S/C36H52N2/c1-4-12-26(13-5-1)32-24-27(20-22-34(32)37-29-14-6-2-7-15-29)28-21-23-36-33(25-28)31-18-10-11-19-35(31)38(36)30-16-8-3-9-17-30/h10,18,21-23,25-27,29-30,32-33,36-37H,1-9,11-17,19-20,24H2/t27?,32-,33?,36?/m0/s1. The molecule has 38 heavy (non-hydrogen) atoms. The van der Waals surface area contributed by atoms with Crippen LogP contribution in [0, 0.1) is 23.7 Å². The van der Waals surface area contributed by atoms with Crippen LogP contribution in [0.5, 0.6) is 0 Å². The van der Waals surface area contributed by atoms with E-state index in [-0.39, 0.29) is 0 Å². The second-order valence-corrected chi connectivity index (χ2v) is 13.9. The van der Waals surface area contributed by atoms with Crippen LogP contribution < -0.4 is 5.32 Å². The highest BCUT2D eigenvalue weighted by Crippen LogP contribution is 2.49. The molecule has 0 spiro atoms. The summed E-state index contributed by atoms with van der Waals surface area (Å²) in [5, 5.41) is 4.15. The van der Waals surface area contributed by atoms with Crippen LogP contribution in [0.2, 0.25) is 0 Å². The summed E-state index contributed by atoms with van der Waals surface area (Å²) in [6.07, 6.45) is 42.2. The van der Waals surface area contributed by atoms with Crippen LogP contribution in [0.25, 0.3) is 0 Å². The van der Waals surface area contributed by atoms with Crippen molar-refractivity contribution in [2.45, 2.75) is 140 Å². The molecule has 1 aliphatic heterocycles. The molecule has 206 valence electrons. The van der Waals surface area contributed by atoms with Gasteiger partial charge in [0.2, 0.25) is 0 Å². The van der Waals surface area contributed by atoms with Crippen molar-refractivity contribution in [2.75, 3.05) is 0 Å². The van der Waals surface area contributed by atoms with Crippen LogP contribution in [0.3, 0.4) is 0 Å². The molecule has 7 rings (SSSR count). The Bertz CT molecular complexity index is 992. The van der Waals surface area contributed by atoms with Gasteiger partial charge in [0, 0.05) is 35.3 Å². The Labute approximate surface area is 232 Å². The van der Waals surface area contributed by atoms with Crippen LogP contribution in [0.4, 0.5) is 0 Å². The molecule has 4 atom stereocenters.